The van der Waals surface area contributed by atoms with Gasteiger partial charge in [0.05, 0.1) is 0 Å². The van der Waals surface area contributed by atoms with Crippen LogP contribution in [0.1, 0.15) is 12.8 Å². The largest absolute Gasteiger partial charge is 0.338 e. The van der Waals surface area contributed by atoms with Crippen LogP contribution in [0.3, 0.4) is 0 Å². The van der Waals surface area contributed by atoms with Crippen molar-refractivity contribution in [3.05, 3.63) is 48.9 Å². The van der Waals surface area contributed by atoms with E-state index in [0.717, 1.165) is 5.56 Å². The number of rotatable bonds is 6. The average Bonchev–Trinajstić information content (AvgIpc) is 2.96. The second-order valence-corrected chi connectivity index (χ2v) is 4.38. The highest BCUT2D eigenvalue weighted by Gasteiger charge is 2.16. The lowest BCUT2D eigenvalue weighted by Gasteiger charge is -2.18. The van der Waals surface area contributed by atoms with E-state index in [1.54, 1.807) is 11.0 Å². The lowest BCUT2D eigenvalue weighted by atomic mass is 10.2. The number of carbonyl (C=O) groups is 1. The van der Waals surface area contributed by atoms with E-state index in [0.29, 0.717) is 24.8 Å². The van der Waals surface area contributed by atoms with Gasteiger partial charge in [0.15, 0.2) is 0 Å². The van der Waals surface area contributed by atoms with E-state index in [-0.39, 0.29) is 12.6 Å². The topological polar surface area (TPSA) is 71.3 Å². The quantitative estimate of drug-likeness (QED) is 0.828. The summed E-state index contributed by atoms with van der Waals surface area (Å²) in [6, 6.07) is 9.36. The van der Waals surface area contributed by atoms with Crippen LogP contribution in [-0.4, -0.2) is 34.2 Å². The molecule has 0 spiro atoms. The molecule has 0 atom stereocenters. The summed E-state index contributed by atoms with van der Waals surface area (Å²) in [6.45, 7) is 6.73. The summed E-state index contributed by atoms with van der Waals surface area (Å²) in [7, 11) is 0. The van der Waals surface area contributed by atoms with Crippen molar-refractivity contribution in [1.82, 2.24) is 20.4 Å². The van der Waals surface area contributed by atoms with Crippen molar-refractivity contribution in [3.63, 3.8) is 0 Å². The van der Waals surface area contributed by atoms with Gasteiger partial charge in [0.25, 0.3) is 0 Å². The number of hydrogen-bond donors (Lipinski definition) is 1. The Kier molecular flexibility index (Phi) is 5.09. The maximum Gasteiger partial charge on any atom is 0.318 e. The molecule has 0 aliphatic heterocycles. The number of nitrogens with one attached hydrogen (secondary N) is 1. The predicted molar refractivity (Wildman–Crippen MR) is 79.4 cm³/mol. The Hall–Kier alpha value is -2.63. The zero-order chi connectivity index (χ0) is 15.1. The summed E-state index contributed by atoms with van der Waals surface area (Å²) in [4.78, 5) is 17.8. The fourth-order valence-electron chi connectivity index (χ4n) is 1.82. The first-order chi connectivity index (χ1) is 10.2. The van der Waals surface area contributed by atoms with Gasteiger partial charge in [0.1, 0.15) is 6.54 Å². The standard InChI is InChI=1S/C15H18N4O2/c1-3-10-19(15(20)16-4-2)11-13-17-14(18-21-13)12-8-6-5-7-9-12/h3,5-9H,1,4,10-11H2,2H3,(H,16,20). The summed E-state index contributed by atoms with van der Waals surface area (Å²) in [5.74, 6) is 0.905. The van der Waals surface area contributed by atoms with Gasteiger partial charge in [-0.25, -0.2) is 4.79 Å². The van der Waals surface area contributed by atoms with Crippen molar-refractivity contribution in [3.8, 4) is 11.4 Å². The van der Waals surface area contributed by atoms with Crippen molar-refractivity contribution in [2.75, 3.05) is 13.1 Å². The molecule has 0 saturated carbocycles. The Morgan fingerprint density at radius 3 is 2.86 bits per heavy atom. The lowest BCUT2D eigenvalue weighted by molar-refractivity contribution is 0.193. The fraction of sp³-hybridized carbons (Fsp3) is 0.267. The van der Waals surface area contributed by atoms with E-state index < -0.39 is 0 Å². The molecule has 1 aromatic carbocycles. The maximum absolute atomic E-state index is 11.9. The Labute approximate surface area is 123 Å². The molecule has 2 rings (SSSR count). The first kappa shape index (κ1) is 14.8. The summed E-state index contributed by atoms with van der Waals surface area (Å²) in [5, 5.41) is 6.67. The van der Waals surface area contributed by atoms with Crippen LogP contribution in [0.25, 0.3) is 11.4 Å². The molecule has 0 bridgehead atoms. The fourth-order valence-corrected chi connectivity index (χ4v) is 1.82. The SMILES string of the molecule is C=CCN(Cc1nc(-c2ccccc2)no1)C(=O)NCC. The van der Waals surface area contributed by atoms with Gasteiger partial charge in [-0.3, -0.25) is 0 Å². The first-order valence-corrected chi connectivity index (χ1v) is 6.76. The third kappa shape index (κ3) is 3.92. The Morgan fingerprint density at radius 2 is 2.19 bits per heavy atom. The molecule has 1 heterocycles. The highest BCUT2D eigenvalue weighted by Crippen LogP contribution is 2.15. The van der Waals surface area contributed by atoms with Gasteiger partial charge in [-0.15, -0.1) is 6.58 Å². The van der Waals surface area contributed by atoms with Crippen molar-refractivity contribution < 1.29 is 9.32 Å². The molecule has 0 radical (unpaired) electrons. The minimum atomic E-state index is -0.183. The molecule has 110 valence electrons. The molecular weight excluding hydrogens is 268 g/mol. The van der Waals surface area contributed by atoms with Gasteiger partial charge in [0, 0.05) is 18.7 Å². The number of nitrogens with zero attached hydrogens (tertiary/aromatic N) is 3. The van der Waals surface area contributed by atoms with Gasteiger partial charge in [-0.2, -0.15) is 4.98 Å². The highest BCUT2D eigenvalue weighted by atomic mass is 16.5. The third-order valence-electron chi connectivity index (χ3n) is 2.79. The van der Waals surface area contributed by atoms with E-state index >= 15 is 0 Å². The Balaban J connectivity index is 2.09. The summed E-state index contributed by atoms with van der Waals surface area (Å²) < 4.78 is 5.21. The maximum atomic E-state index is 11.9. The third-order valence-corrected chi connectivity index (χ3v) is 2.79. The molecule has 1 aromatic heterocycles. The molecule has 0 fully saturated rings. The van der Waals surface area contributed by atoms with Crippen LogP contribution < -0.4 is 5.32 Å². The van der Waals surface area contributed by atoms with Crippen LogP contribution in [-0.2, 0) is 6.54 Å². The second-order valence-electron chi connectivity index (χ2n) is 4.38. The van der Waals surface area contributed by atoms with Crippen LogP contribution in [0.2, 0.25) is 0 Å². The molecule has 0 unspecified atom stereocenters. The average molecular weight is 286 g/mol. The number of amides is 2. The van der Waals surface area contributed by atoms with Crippen LogP contribution in [0, 0.1) is 0 Å². The smallest absolute Gasteiger partial charge is 0.318 e. The molecule has 6 heteroatoms. The number of hydrogen-bond acceptors (Lipinski definition) is 4. The minimum Gasteiger partial charge on any atom is -0.338 e. The number of aromatic nitrogens is 2. The van der Waals surface area contributed by atoms with Gasteiger partial charge >= 0.3 is 6.03 Å². The molecule has 0 saturated heterocycles. The van der Waals surface area contributed by atoms with Crippen LogP contribution >= 0.6 is 0 Å². The Bertz CT molecular complexity index is 595. The van der Waals surface area contributed by atoms with E-state index in [4.69, 9.17) is 4.52 Å². The van der Waals surface area contributed by atoms with E-state index in [1.165, 1.54) is 0 Å². The summed E-state index contributed by atoms with van der Waals surface area (Å²) >= 11 is 0. The van der Waals surface area contributed by atoms with Crippen LogP contribution in [0.15, 0.2) is 47.5 Å². The molecule has 0 aliphatic rings. The first-order valence-electron chi connectivity index (χ1n) is 6.76. The molecule has 2 amide bonds. The summed E-state index contributed by atoms with van der Waals surface area (Å²) in [5.41, 5.74) is 0.876. The van der Waals surface area contributed by atoms with Crippen molar-refractivity contribution in [2.45, 2.75) is 13.5 Å². The zero-order valence-electron chi connectivity index (χ0n) is 12.0. The van der Waals surface area contributed by atoms with E-state index in [1.807, 2.05) is 37.3 Å². The Morgan fingerprint density at radius 1 is 1.43 bits per heavy atom. The monoisotopic (exact) mass is 286 g/mol. The van der Waals surface area contributed by atoms with Gasteiger partial charge in [0.2, 0.25) is 11.7 Å². The van der Waals surface area contributed by atoms with E-state index in [2.05, 4.69) is 22.0 Å². The van der Waals surface area contributed by atoms with Crippen molar-refractivity contribution in [1.29, 1.82) is 0 Å². The van der Waals surface area contributed by atoms with Gasteiger partial charge < -0.3 is 14.7 Å². The molecule has 6 nitrogen and oxygen atoms in total. The molecule has 21 heavy (non-hydrogen) atoms. The second kappa shape index (κ2) is 7.23. The highest BCUT2D eigenvalue weighted by molar-refractivity contribution is 5.74. The van der Waals surface area contributed by atoms with E-state index in [9.17, 15) is 4.79 Å². The van der Waals surface area contributed by atoms with Gasteiger partial charge in [-0.05, 0) is 6.92 Å². The normalized spacial score (nSPS) is 10.1. The molecular formula is C15H18N4O2. The van der Waals surface area contributed by atoms with Gasteiger partial charge in [-0.1, -0.05) is 41.6 Å². The molecule has 0 aliphatic carbocycles. The van der Waals surface area contributed by atoms with Crippen molar-refractivity contribution >= 4 is 6.03 Å². The number of urea groups is 1. The molecule has 2 aromatic rings. The predicted octanol–water partition coefficient (Wildman–Crippen LogP) is 2.45. The van der Waals surface area contributed by atoms with Crippen LogP contribution in [0.5, 0.6) is 0 Å². The summed E-state index contributed by atoms with van der Waals surface area (Å²) in [6.07, 6.45) is 1.66. The minimum absolute atomic E-state index is 0.183. The lowest BCUT2D eigenvalue weighted by Crippen LogP contribution is -2.39. The van der Waals surface area contributed by atoms with Crippen LogP contribution in [0.4, 0.5) is 4.79 Å². The zero-order valence-corrected chi connectivity index (χ0v) is 12.0. The van der Waals surface area contributed by atoms with Crippen molar-refractivity contribution in [2.24, 2.45) is 0 Å². The number of carbonyl (C=O) groups excluding carboxylic acids is 1. The number of benzene rings is 1. The molecule has 1 N–H and O–H groups in total.